The maximum absolute atomic E-state index is 12.8. The summed E-state index contributed by atoms with van der Waals surface area (Å²) < 4.78 is 0. The maximum atomic E-state index is 12.8. The molecule has 0 aromatic heterocycles. The molecule has 2 atom stereocenters. The molecule has 0 spiro atoms. The second kappa shape index (κ2) is 7.99. The molecule has 0 bridgehead atoms. The number of benzene rings is 1. The van der Waals surface area contributed by atoms with Gasteiger partial charge >= 0.3 is 6.03 Å². The number of carbonyl (C=O) groups is 1. The lowest BCUT2D eigenvalue weighted by atomic mass is 9.87. The minimum Gasteiger partial charge on any atom is -0.393 e. The van der Waals surface area contributed by atoms with Crippen molar-refractivity contribution in [1.82, 2.24) is 15.1 Å². The summed E-state index contributed by atoms with van der Waals surface area (Å²) in [6.07, 6.45) is 0.301. The molecular weight excluding hydrogens is 302 g/mol. The molecule has 1 aliphatic rings. The summed E-state index contributed by atoms with van der Waals surface area (Å²) in [5, 5.41) is 12.7. The Balaban J connectivity index is 2.03. The number of carbonyl (C=O) groups excluding carboxylic acids is 1. The van der Waals surface area contributed by atoms with Gasteiger partial charge in [0, 0.05) is 26.2 Å². The highest BCUT2D eigenvalue weighted by Gasteiger charge is 2.31. The van der Waals surface area contributed by atoms with Crippen molar-refractivity contribution in [3.8, 4) is 0 Å². The highest BCUT2D eigenvalue weighted by atomic mass is 16.3. The molecule has 0 aliphatic carbocycles. The molecule has 1 heterocycles. The van der Waals surface area contributed by atoms with Crippen molar-refractivity contribution in [2.24, 2.45) is 5.41 Å². The van der Waals surface area contributed by atoms with E-state index in [1.807, 2.05) is 23.1 Å². The van der Waals surface area contributed by atoms with Crippen molar-refractivity contribution in [2.75, 3.05) is 33.2 Å². The first kappa shape index (κ1) is 18.7. The van der Waals surface area contributed by atoms with Crippen molar-refractivity contribution in [3.05, 3.63) is 35.9 Å². The van der Waals surface area contributed by atoms with E-state index in [1.54, 1.807) is 6.92 Å². The van der Waals surface area contributed by atoms with Crippen LogP contribution in [0.15, 0.2) is 30.3 Å². The standard InChI is InChI=1S/C19H31N3O2/c1-15(23)12-19(2,3)14-20-18(24)22-11-10-21(4)13-17(22)16-8-6-5-7-9-16/h5-9,15,17,23H,10-14H2,1-4H3,(H,20,24). The molecule has 1 aliphatic heterocycles. The molecular formula is C19H31N3O2. The normalized spacial score (nSPS) is 20.7. The molecule has 134 valence electrons. The zero-order valence-corrected chi connectivity index (χ0v) is 15.3. The lowest BCUT2D eigenvalue weighted by Gasteiger charge is -2.40. The van der Waals surface area contributed by atoms with E-state index in [4.69, 9.17) is 0 Å². The van der Waals surface area contributed by atoms with Crippen LogP contribution in [0.4, 0.5) is 4.79 Å². The number of urea groups is 1. The summed E-state index contributed by atoms with van der Waals surface area (Å²) in [4.78, 5) is 17.0. The van der Waals surface area contributed by atoms with Gasteiger partial charge in [0.1, 0.15) is 0 Å². The van der Waals surface area contributed by atoms with Crippen LogP contribution in [0, 0.1) is 5.41 Å². The third-order valence-corrected chi connectivity index (χ3v) is 4.59. The van der Waals surface area contributed by atoms with Crippen molar-refractivity contribution >= 4 is 6.03 Å². The number of hydrogen-bond donors (Lipinski definition) is 2. The molecule has 2 rings (SSSR count). The van der Waals surface area contributed by atoms with Gasteiger partial charge in [-0.1, -0.05) is 44.2 Å². The highest BCUT2D eigenvalue weighted by molar-refractivity contribution is 5.75. The van der Waals surface area contributed by atoms with Crippen LogP contribution >= 0.6 is 0 Å². The van der Waals surface area contributed by atoms with Crippen LogP contribution in [0.5, 0.6) is 0 Å². The van der Waals surface area contributed by atoms with Gasteiger partial charge in [-0.15, -0.1) is 0 Å². The number of nitrogens with one attached hydrogen (secondary N) is 1. The molecule has 1 fully saturated rings. The van der Waals surface area contributed by atoms with Crippen molar-refractivity contribution in [3.63, 3.8) is 0 Å². The van der Waals surface area contributed by atoms with E-state index in [0.29, 0.717) is 13.0 Å². The van der Waals surface area contributed by atoms with Gasteiger partial charge in [-0.25, -0.2) is 4.79 Å². The van der Waals surface area contributed by atoms with Crippen LogP contribution in [0.2, 0.25) is 0 Å². The van der Waals surface area contributed by atoms with Crippen LogP contribution in [0.1, 0.15) is 38.8 Å². The van der Waals surface area contributed by atoms with E-state index in [1.165, 1.54) is 5.56 Å². The van der Waals surface area contributed by atoms with E-state index >= 15 is 0 Å². The van der Waals surface area contributed by atoms with Gasteiger partial charge in [0.25, 0.3) is 0 Å². The number of likely N-dealkylation sites (N-methyl/N-ethyl adjacent to an activating group) is 1. The SMILES string of the molecule is CC(O)CC(C)(C)CNC(=O)N1CCN(C)CC1c1ccccc1. The van der Waals surface area contributed by atoms with Crippen LogP contribution in [0.25, 0.3) is 0 Å². The molecule has 0 radical (unpaired) electrons. The first-order valence-electron chi connectivity index (χ1n) is 8.74. The summed E-state index contributed by atoms with van der Waals surface area (Å²) in [7, 11) is 2.09. The molecule has 5 nitrogen and oxygen atoms in total. The molecule has 1 aromatic carbocycles. The number of piperazine rings is 1. The average molecular weight is 333 g/mol. The van der Waals surface area contributed by atoms with Crippen LogP contribution in [-0.4, -0.2) is 60.3 Å². The predicted molar refractivity (Wildman–Crippen MR) is 96.9 cm³/mol. The third-order valence-electron chi connectivity index (χ3n) is 4.59. The Labute approximate surface area is 145 Å². The molecule has 5 heteroatoms. The van der Waals surface area contributed by atoms with Crippen molar-refractivity contribution in [2.45, 2.75) is 39.3 Å². The molecule has 0 saturated carbocycles. The Hall–Kier alpha value is -1.59. The summed E-state index contributed by atoms with van der Waals surface area (Å²) >= 11 is 0. The molecule has 2 amide bonds. The van der Waals surface area contributed by atoms with Crippen LogP contribution in [-0.2, 0) is 0 Å². The fraction of sp³-hybridized carbons (Fsp3) is 0.632. The number of amides is 2. The summed E-state index contributed by atoms with van der Waals surface area (Å²) in [5.74, 6) is 0. The zero-order valence-electron chi connectivity index (χ0n) is 15.3. The fourth-order valence-corrected chi connectivity index (χ4v) is 3.41. The minimum absolute atomic E-state index is 0.0179. The molecule has 2 N–H and O–H groups in total. The fourth-order valence-electron chi connectivity index (χ4n) is 3.41. The monoisotopic (exact) mass is 333 g/mol. The summed E-state index contributed by atoms with van der Waals surface area (Å²) in [6, 6.07) is 10.3. The Morgan fingerprint density at radius 2 is 2.00 bits per heavy atom. The molecule has 1 saturated heterocycles. The Morgan fingerprint density at radius 3 is 2.62 bits per heavy atom. The number of hydrogen-bond acceptors (Lipinski definition) is 3. The topological polar surface area (TPSA) is 55.8 Å². The number of aliphatic hydroxyl groups excluding tert-OH is 1. The van der Waals surface area contributed by atoms with Crippen molar-refractivity contribution < 1.29 is 9.90 Å². The quantitative estimate of drug-likeness (QED) is 0.870. The van der Waals surface area contributed by atoms with Gasteiger partial charge in [0.2, 0.25) is 0 Å². The van der Waals surface area contributed by atoms with Crippen molar-refractivity contribution in [1.29, 1.82) is 0 Å². The van der Waals surface area contributed by atoms with Gasteiger partial charge < -0.3 is 20.2 Å². The van der Waals surface area contributed by atoms with E-state index in [-0.39, 0.29) is 23.6 Å². The van der Waals surface area contributed by atoms with Gasteiger partial charge in [0.05, 0.1) is 12.1 Å². The van der Waals surface area contributed by atoms with E-state index in [9.17, 15) is 9.90 Å². The Kier molecular flexibility index (Phi) is 6.24. The van der Waals surface area contributed by atoms with Gasteiger partial charge in [0.15, 0.2) is 0 Å². The first-order valence-corrected chi connectivity index (χ1v) is 8.74. The zero-order chi connectivity index (χ0) is 17.7. The largest absolute Gasteiger partial charge is 0.393 e. The number of nitrogens with zero attached hydrogens (tertiary/aromatic N) is 2. The van der Waals surface area contributed by atoms with Crippen LogP contribution in [0.3, 0.4) is 0 Å². The summed E-state index contributed by atoms with van der Waals surface area (Å²) in [5.41, 5.74) is 1.04. The van der Waals surface area contributed by atoms with E-state index in [2.05, 4.69) is 43.2 Å². The summed E-state index contributed by atoms with van der Waals surface area (Å²) in [6.45, 7) is 8.93. The third kappa shape index (κ3) is 5.21. The molecule has 2 unspecified atom stereocenters. The molecule has 1 aromatic rings. The lowest BCUT2D eigenvalue weighted by molar-refractivity contribution is 0.101. The van der Waals surface area contributed by atoms with Gasteiger partial charge in [-0.05, 0) is 31.4 Å². The van der Waals surface area contributed by atoms with Gasteiger partial charge in [-0.2, -0.15) is 0 Å². The maximum Gasteiger partial charge on any atom is 0.318 e. The number of rotatable bonds is 5. The second-order valence-corrected chi connectivity index (χ2v) is 7.76. The Morgan fingerprint density at radius 1 is 1.33 bits per heavy atom. The van der Waals surface area contributed by atoms with E-state index in [0.717, 1.165) is 19.6 Å². The minimum atomic E-state index is -0.363. The first-order chi connectivity index (χ1) is 11.3. The molecule has 24 heavy (non-hydrogen) atoms. The average Bonchev–Trinajstić information content (AvgIpc) is 2.52. The highest BCUT2D eigenvalue weighted by Crippen LogP contribution is 2.26. The number of aliphatic hydroxyl groups is 1. The van der Waals surface area contributed by atoms with Crippen LogP contribution < -0.4 is 5.32 Å². The lowest BCUT2D eigenvalue weighted by Crippen LogP contribution is -2.53. The second-order valence-electron chi connectivity index (χ2n) is 7.76. The van der Waals surface area contributed by atoms with Gasteiger partial charge in [-0.3, -0.25) is 0 Å². The Bertz CT molecular complexity index is 531. The smallest absolute Gasteiger partial charge is 0.318 e. The predicted octanol–water partition coefficient (Wildman–Crippen LogP) is 2.48. The van der Waals surface area contributed by atoms with E-state index < -0.39 is 0 Å².